The summed E-state index contributed by atoms with van der Waals surface area (Å²) < 4.78 is 5.54. The predicted molar refractivity (Wildman–Crippen MR) is 84.6 cm³/mol. The zero-order chi connectivity index (χ0) is 15.6. The summed E-state index contributed by atoms with van der Waals surface area (Å²) in [7, 11) is 0. The lowest BCUT2D eigenvalue weighted by Gasteiger charge is -2.37. The highest BCUT2D eigenvalue weighted by Gasteiger charge is 2.29. The van der Waals surface area contributed by atoms with E-state index in [2.05, 4.69) is 31.1 Å². The molecule has 1 aliphatic heterocycles. The molecule has 2 atom stereocenters. The van der Waals surface area contributed by atoms with Gasteiger partial charge in [-0.15, -0.1) is 11.3 Å². The van der Waals surface area contributed by atoms with Crippen LogP contribution in [0.5, 0.6) is 0 Å². The first-order chi connectivity index (χ1) is 9.79. The molecule has 2 rings (SSSR count). The lowest BCUT2D eigenvalue weighted by atomic mass is 9.98. The fraction of sp³-hybridized carbons (Fsp3) is 0.733. The molecule has 0 aliphatic carbocycles. The van der Waals surface area contributed by atoms with Crippen LogP contribution in [0.1, 0.15) is 45.3 Å². The molecule has 2 heterocycles. The van der Waals surface area contributed by atoms with Gasteiger partial charge in [-0.2, -0.15) is 0 Å². The van der Waals surface area contributed by atoms with Gasteiger partial charge in [-0.25, -0.2) is 9.78 Å². The smallest absolute Gasteiger partial charge is 0.318 e. The van der Waals surface area contributed by atoms with Crippen LogP contribution in [0, 0.1) is 0 Å². The van der Waals surface area contributed by atoms with Crippen molar-refractivity contribution < 1.29 is 9.53 Å². The predicted octanol–water partition coefficient (Wildman–Crippen LogP) is 2.76. The van der Waals surface area contributed by atoms with Crippen LogP contribution in [0.4, 0.5) is 4.79 Å². The third kappa shape index (κ3) is 3.95. The minimum atomic E-state index is -0.0389. The summed E-state index contributed by atoms with van der Waals surface area (Å²) in [6.07, 6.45) is 0.0799. The van der Waals surface area contributed by atoms with Gasteiger partial charge < -0.3 is 15.0 Å². The summed E-state index contributed by atoms with van der Waals surface area (Å²) in [5.74, 6) is 0. The molecule has 0 saturated carbocycles. The van der Waals surface area contributed by atoms with Gasteiger partial charge in [0.1, 0.15) is 0 Å². The molecular weight excluding hydrogens is 286 g/mol. The molecule has 1 fully saturated rings. The number of carbonyl (C=O) groups excluding carboxylic acids is 1. The van der Waals surface area contributed by atoms with Crippen molar-refractivity contribution in [1.29, 1.82) is 0 Å². The van der Waals surface area contributed by atoms with Gasteiger partial charge in [-0.1, -0.05) is 20.8 Å². The van der Waals surface area contributed by atoms with E-state index in [1.54, 1.807) is 11.3 Å². The third-order valence-corrected chi connectivity index (χ3v) is 5.08. The number of nitrogens with one attached hydrogen (secondary N) is 1. The van der Waals surface area contributed by atoms with Crippen molar-refractivity contribution >= 4 is 17.4 Å². The van der Waals surface area contributed by atoms with Crippen LogP contribution < -0.4 is 5.32 Å². The Morgan fingerprint density at radius 2 is 2.24 bits per heavy atom. The van der Waals surface area contributed by atoms with Crippen molar-refractivity contribution in [2.24, 2.45) is 0 Å². The quantitative estimate of drug-likeness (QED) is 0.913. The summed E-state index contributed by atoms with van der Waals surface area (Å²) in [5, 5.41) is 6.08. The molecule has 0 bridgehead atoms. The van der Waals surface area contributed by atoms with Gasteiger partial charge in [0.15, 0.2) is 0 Å². The fourth-order valence-electron chi connectivity index (χ4n) is 2.22. The normalized spacial score (nSPS) is 23.2. The van der Waals surface area contributed by atoms with E-state index < -0.39 is 0 Å². The zero-order valence-corrected chi connectivity index (χ0v) is 14.3. The number of morpholine rings is 1. The Morgan fingerprint density at radius 3 is 2.86 bits per heavy atom. The van der Waals surface area contributed by atoms with Gasteiger partial charge in [0.05, 0.1) is 36.0 Å². The van der Waals surface area contributed by atoms with Crippen LogP contribution in [-0.2, 0) is 16.7 Å². The number of amides is 2. The number of carbonyl (C=O) groups is 1. The van der Waals surface area contributed by atoms with E-state index in [0.29, 0.717) is 19.7 Å². The maximum Gasteiger partial charge on any atom is 0.318 e. The Labute approximate surface area is 130 Å². The van der Waals surface area contributed by atoms with Crippen LogP contribution in [0.15, 0.2) is 5.38 Å². The van der Waals surface area contributed by atoms with Crippen molar-refractivity contribution in [3.63, 3.8) is 0 Å². The largest absolute Gasteiger partial charge is 0.375 e. The number of rotatable bonds is 2. The van der Waals surface area contributed by atoms with E-state index in [4.69, 9.17) is 4.74 Å². The number of nitrogens with zero attached hydrogens (tertiary/aromatic N) is 2. The molecule has 1 saturated heterocycles. The van der Waals surface area contributed by atoms with Crippen molar-refractivity contribution in [3.8, 4) is 0 Å². The second-order valence-electron chi connectivity index (χ2n) is 6.56. The Bertz CT molecular complexity index is 495. The van der Waals surface area contributed by atoms with Gasteiger partial charge in [-0.3, -0.25) is 0 Å². The van der Waals surface area contributed by atoms with Gasteiger partial charge in [0.2, 0.25) is 0 Å². The summed E-state index contributed by atoms with van der Waals surface area (Å²) >= 11 is 1.65. The number of hydrogen-bond acceptors (Lipinski definition) is 4. The molecule has 0 unspecified atom stereocenters. The molecule has 1 aromatic heterocycles. The van der Waals surface area contributed by atoms with Crippen LogP contribution in [-0.4, -0.2) is 41.2 Å². The highest BCUT2D eigenvalue weighted by Crippen LogP contribution is 2.25. The standard InChI is InChI=1S/C15H25N3O2S/c1-10-11(2)20-7-6-18(10)14(19)16-8-12-9-21-13(17-12)15(3,4)5/h9-11H,6-8H2,1-5H3,(H,16,19)/t10-,11-/m0/s1. The summed E-state index contributed by atoms with van der Waals surface area (Å²) in [5.41, 5.74) is 0.980. The van der Waals surface area contributed by atoms with Crippen molar-refractivity contribution in [2.75, 3.05) is 13.2 Å². The molecule has 0 aromatic carbocycles. The number of thiazole rings is 1. The molecule has 1 aromatic rings. The molecular formula is C15H25N3O2S. The van der Waals surface area contributed by atoms with Crippen LogP contribution in [0.3, 0.4) is 0 Å². The Morgan fingerprint density at radius 1 is 1.52 bits per heavy atom. The van der Waals surface area contributed by atoms with Crippen LogP contribution in [0.2, 0.25) is 0 Å². The van der Waals surface area contributed by atoms with Gasteiger partial charge in [0, 0.05) is 17.3 Å². The topological polar surface area (TPSA) is 54.5 Å². The van der Waals surface area contributed by atoms with Gasteiger partial charge in [0.25, 0.3) is 0 Å². The Balaban J connectivity index is 1.90. The maximum absolute atomic E-state index is 12.3. The van der Waals surface area contributed by atoms with Gasteiger partial charge >= 0.3 is 6.03 Å². The molecule has 0 spiro atoms. The first-order valence-corrected chi connectivity index (χ1v) is 8.28. The highest BCUT2D eigenvalue weighted by atomic mass is 32.1. The van der Waals surface area contributed by atoms with E-state index in [1.165, 1.54) is 0 Å². The summed E-state index contributed by atoms with van der Waals surface area (Å²) in [6.45, 7) is 12.2. The lowest BCUT2D eigenvalue weighted by Crippen LogP contribution is -2.54. The van der Waals surface area contributed by atoms with Crippen molar-refractivity contribution in [3.05, 3.63) is 16.1 Å². The molecule has 1 N–H and O–H groups in total. The molecule has 5 nitrogen and oxygen atoms in total. The SMILES string of the molecule is C[C@@H]1OCCN(C(=O)NCc2csc(C(C)(C)C)n2)[C@H]1C. The highest BCUT2D eigenvalue weighted by molar-refractivity contribution is 7.09. The molecule has 21 heavy (non-hydrogen) atoms. The average molecular weight is 311 g/mol. The second kappa shape index (κ2) is 6.32. The minimum absolute atomic E-state index is 0.0389. The third-order valence-electron chi connectivity index (χ3n) is 3.76. The number of ether oxygens (including phenoxy) is 1. The number of hydrogen-bond donors (Lipinski definition) is 1. The fourth-order valence-corrected chi connectivity index (χ4v) is 3.13. The van der Waals surface area contributed by atoms with Crippen molar-refractivity contribution in [2.45, 2.75) is 58.7 Å². The van der Waals surface area contributed by atoms with E-state index >= 15 is 0 Å². The minimum Gasteiger partial charge on any atom is -0.375 e. The Hall–Kier alpha value is -1.14. The van der Waals surface area contributed by atoms with E-state index in [0.717, 1.165) is 10.7 Å². The van der Waals surface area contributed by atoms with Gasteiger partial charge in [-0.05, 0) is 13.8 Å². The molecule has 2 amide bonds. The molecule has 0 radical (unpaired) electrons. The van der Waals surface area contributed by atoms with Crippen molar-refractivity contribution in [1.82, 2.24) is 15.2 Å². The average Bonchev–Trinajstić information content (AvgIpc) is 2.88. The maximum atomic E-state index is 12.3. The molecule has 1 aliphatic rings. The van der Waals surface area contributed by atoms with E-state index in [-0.39, 0.29) is 23.6 Å². The van der Waals surface area contributed by atoms with E-state index in [9.17, 15) is 4.79 Å². The van der Waals surface area contributed by atoms with E-state index in [1.807, 2.05) is 24.1 Å². The lowest BCUT2D eigenvalue weighted by molar-refractivity contribution is -0.0376. The second-order valence-corrected chi connectivity index (χ2v) is 7.42. The molecule has 6 heteroatoms. The zero-order valence-electron chi connectivity index (χ0n) is 13.5. The Kier molecular flexibility index (Phi) is 4.88. The molecule has 118 valence electrons. The number of urea groups is 1. The first-order valence-electron chi connectivity index (χ1n) is 7.40. The first kappa shape index (κ1) is 16.2. The van der Waals surface area contributed by atoms with Crippen LogP contribution >= 0.6 is 11.3 Å². The monoisotopic (exact) mass is 311 g/mol. The summed E-state index contributed by atoms with van der Waals surface area (Å²) in [4.78, 5) is 18.7. The summed E-state index contributed by atoms with van der Waals surface area (Å²) in [6, 6.07) is 0.0577. The number of aromatic nitrogens is 1. The van der Waals surface area contributed by atoms with Crippen LogP contribution in [0.25, 0.3) is 0 Å².